The van der Waals surface area contributed by atoms with Crippen LogP contribution in [0, 0.1) is 5.41 Å². The van der Waals surface area contributed by atoms with Crippen LogP contribution in [-0.2, 0) is 17.1 Å². The second kappa shape index (κ2) is 7.22. The summed E-state index contributed by atoms with van der Waals surface area (Å²) in [6.07, 6.45) is 10.3. The SMILES string of the molecule is Cn1cnc(S(=O)(=O)N2CCC(N3CC4(CCCC4)C3c3ccccc3)CC2)c1. The minimum atomic E-state index is -3.48. The molecule has 0 N–H and O–H groups in total. The summed E-state index contributed by atoms with van der Waals surface area (Å²) in [5.41, 5.74) is 1.88. The summed E-state index contributed by atoms with van der Waals surface area (Å²) in [6, 6.07) is 11.9. The Morgan fingerprint density at radius 3 is 2.38 bits per heavy atom. The number of sulfonamides is 1. The second-order valence-electron chi connectivity index (χ2n) is 9.07. The average Bonchev–Trinajstić information content (AvgIpc) is 3.38. The molecule has 0 radical (unpaired) electrons. The molecule has 1 unspecified atom stereocenters. The lowest BCUT2D eigenvalue weighted by Crippen LogP contribution is -2.62. The molecule has 5 rings (SSSR count). The highest BCUT2D eigenvalue weighted by molar-refractivity contribution is 7.89. The van der Waals surface area contributed by atoms with Gasteiger partial charge in [-0.2, -0.15) is 4.31 Å². The number of likely N-dealkylation sites (tertiary alicyclic amines) is 1. The Kier molecular flexibility index (Phi) is 4.80. The van der Waals surface area contributed by atoms with Crippen molar-refractivity contribution in [3.63, 3.8) is 0 Å². The van der Waals surface area contributed by atoms with Crippen molar-refractivity contribution in [3.05, 3.63) is 48.4 Å². The van der Waals surface area contributed by atoms with Gasteiger partial charge < -0.3 is 4.57 Å². The minimum Gasteiger partial charge on any atom is -0.339 e. The number of imidazole rings is 1. The van der Waals surface area contributed by atoms with E-state index in [2.05, 4.69) is 40.2 Å². The molecule has 1 aliphatic carbocycles. The van der Waals surface area contributed by atoms with E-state index in [1.54, 1.807) is 28.4 Å². The van der Waals surface area contributed by atoms with Crippen LogP contribution < -0.4 is 0 Å². The Morgan fingerprint density at radius 2 is 1.76 bits per heavy atom. The summed E-state index contributed by atoms with van der Waals surface area (Å²) in [5, 5.41) is 0.162. The lowest BCUT2D eigenvalue weighted by atomic mass is 9.66. The van der Waals surface area contributed by atoms with Crippen molar-refractivity contribution >= 4 is 10.0 Å². The zero-order valence-electron chi connectivity index (χ0n) is 17.1. The third kappa shape index (κ3) is 3.23. The number of aromatic nitrogens is 2. The molecule has 3 heterocycles. The van der Waals surface area contributed by atoms with E-state index >= 15 is 0 Å². The van der Waals surface area contributed by atoms with Gasteiger partial charge in [-0.25, -0.2) is 13.4 Å². The average molecular weight is 415 g/mol. The van der Waals surface area contributed by atoms with Crippen LogP contribution in [0.5, 0.6) is 0 Å². The van der Waals surface area contributed by atoms with Crippen molar-refractivity contribution in [1.29, 1.82) is 0 Å². The maximum Gasteiger partial charge on any atom is 0.262 e. The Labute approximate surface area is 173 Å². The van der Waals surface area contributed by atoms with Crippen LogP contribution >= 0.6 is 0 Å². The number of aryl methyl sites for hydroxylation is 1. The van der Waals surface area contributed by atoms with Gasteiger partial charge in [-0.15, -0.1) is 0 Å². The minimum absolute atomic E-state index is 0.162. The highest BCUT2D eigenvalue weighted by Crippen LogP contribution is 2.59. The molecule has 1 saturated carbocycles. The molecule has 0 amide bonds. The number of piperidine rings is 1. The lowest BCUT2D eigenvalue weighted by molar-refractivity contribution is -0.109. The van der Waals surface area contributed by atoms with Crippen LogP contribution in [0.4, 0.5) is 0 Å². The first-order valence-corrected chi connectivity index (χ1v) is 12.2. The maximum absolute atomic E-state index is 12.9. The first kappa shape index (κ1) is 19.3. The molecule has 29 heavy (non-hydrogen) atoms. The Hall–Kier alpha value is -1.70. The van der Waals surface area contributed by atoms with Gasteiger partial charge in [-0.1, -0.05) is 43.2 Å². The van der Waals surface area contributed by atoms with Gasteiger partial charge in [0.15, 0.2) is 5.03 Å². The fourth-order valence-electron chi connectivity index (χ4n) is 5.88. The normalized spacial score (nSPS) is 26.0. The molecule has 2 saturated heterocycles. The van der Waals surface area contributed by atoms with Crippen LogP contribution in [0.25, 0.3) is 0 Å². The monoisotopic (exact) mass is 414 g/mol. The molecule has 2 aromatic rings. The zero-order valence-corrected chi connectivity index (χ0v) is 17.9. The van der Waals surface area contributed by atoms with Crippen LogP contribution in [0.15, 0.2) is 47.9 Å². The van der Waals surface area contributed by atoms with Crippen molar-refractivity contribution in [1.82, 2.24) is 18.8 Å². The number of rotatable bonds is 4. The Morgan fingerprint density at radius 1 is 1.07 bits per heavy atom. The van der Waals surface area contributed by atoms with E-state index in [9.17, 15) is 8.42 Å². The highest BCUT2D eigenvalue weighted by Gasteiger charge is 2.56. The molecule has 1 aromatic carbocycles. The van der Waals surface area contributed by atoms with E-state index in [0.29, 0.717) is 30.6 Å². The van der Waals surface area contributed by atoms with Gasteiger partial charge >= 0.3 is 0 Å². The van der Waals surface area contributed by atoms with Gasteiger partial charge in [0.2, 0.25) is 0 Å². The fourth-order valence-corrected chi connectivity index (χ4v) is 7.32. The van der Waals surface area contributed by atoms with E-state index in [1.165, 1.54) is 37.8 Å². The maximum atomic E-state index is 12.9. The van der Waals surface area contributed by atoms with Gasteiger partial charge in [-0.05, 0) is 31.2 Å². The van der Waals surface area contributed by atoms with Gasteiger partial charge in [0.1, 0.15) is 0 Å². The van der Waals surface area contributed by atoms with Gasteiger partial charge in [0.05, 0.1) is 6.33 Å². The molecule has 1 atom stereocenters. The van der Waals surface area contributed by atoms with Crippen molar-refractivity contribution in [3.8, 4) is 0 Å². The number of benzene rings is 1. The summed E-state index contributed by atoms with van der Waals surface area (Å²) in [7, 11) is -1.69. The Bertz CT molecular complexity index is 958. The first-order chi connectivity index (χ1) is 14.0. The van der Waals surface area contributed by atoms with Gasteiger partial charge in [0, 0.05) is 50.4 Å². The molecule has 0 bridgehead atoms. The first-order valence-electron chi connectivity index (χ1n) is 10.8. The number of hydrogen-bond donors (Lipinski definition) is 0. The molecular formula is C22H30N4O2S. The molecule has 1 spiro atoms. The van der Waals surface area contributed by atoms with Crippen LogP contribution in [0.2, 0.25) is 0 Å². The van der Waals surface area contributed by atoms with Crippen LogP contribution in [0.3, 0.4) is 0 Å². The van der Waals surface area contributed by atoms with E-state index in [1.807, 2.05) is 0 Å². The molecule has 3 aliphatic rings. The van der Waals surface area contributed by atoms with E-state index in [4.69, 9.17) is 0 Å². The summed E-state index contributed by atoms with van der Waals surface area (Å²) in [4.78, 5) is 6.74. The molecule has 1 aromatic heterocycles. The van der Waals surface area contributed by atoms with E-state index in [0.717, 1.165) is 12.8 Å². The highest BCUT2D eigenvalue weighted by atomic mass is 32.2. The summed E-state index contributed by atoms with van der Waals surface area (Å²) < 4.78 is 29.1. The second-order valence-corrected chi connectivity index (χ2v) is 11.0. The van der Waals surface area contributed by atoms with Crippen molar-refractivity contribution in [2.24, 2.45) is 12.5 Å². The number of nitrogens with zero attached hydrogens (tertiary/aromatic N) is 4. The van der Waals surface area contributed by atoms with Crippen LogP contribution in [0.1, 0.15) is 50.1 Å². The van der Waals surface area contributed by atoms with Crippen molar-refractivity contribution < 1.29 is 8.42 Å². The van der Waals surface area contributed by atoms with E-state index in [-0.39, 0.29) is 5.03 Å². The third-order valence-corrected chi connectivity index (χ3v) is 9.09. The lowest BCUT2D eigenvalue weighted by Gasteiger charge is -2.60. The quantitative estimate of drug-likeness (QED) is 0.771. The molecule has 3 fully saturated rings. The summed E-state index contributed by atoms with van der Waals surface area (Å²) in [6.45, 7) is 2.33. The van der Waals surface area contributed by atoms with Crippen molar-refractivity contribution in [2.45, 2.75) is 55.6 Å². The molecular weight excluding hydrogens is 384 g/mol. The smallest absolute Gasteiger partial charge is 0.262 e. The molecule has 6 nitrogen and oxygen atoms in total. The molecule has 156 valence electrons. The molecule has 7 heteroatoms. The predicted octanol–water partition coefficient (Wildman–Crippen LogP) is 3.19. The molecule has 2 aliphatic heterocycles. The largest absolute Gasteiger partial charge is 0.339 e. The van der Waals surface area contributed by atoms with Gasteiger partial charge in [-0.3, -0.25) is 4.90 Å². The Balaban J connectivity index is 1.30. The van der Waals surface area contributed by atoms with Gasteiger partial charge in [0.25, 0.3) is 10.0 Å². The van der Waals surface area contributed by atoms with Crippen LogP contribution in [-0.4, -0.2) is 52.9 Å². The number of hydrogen-bond acceptors (Lipinski definition) is 4. The fraction of sp³-hybridized carbons (Fsp3) is 0.591. The third-order valence-electron chi connectivity index (χ3n) is 7.30. The topological polar surface area (TPSA) is 58.4 Å². The summed E-state index contributed by atoms with van der Waals surface area (Å²) in [5.74, 6) is 0. The summed E-state index contributed by atoms with van der Waals surface area (Å²) >= 11 is 0. The van der Waals surface area contributed by atoms with E-state index < -0.39 is 10.0 Å². The standard InChI is InChI=1S/C22H30N4O2S/c1-24-15-20(23-17-24)29(27,28)25-13-9-19(10-14-25)26-16-22(11-5-6-12-22)21(26)18-7-3-2-4-8-18/h2-4,7-8,15,17,19,21H,5-6,9-14,16H2,1H3. The zero-order chi connectivity index (χ0) is 20.1. The van der Waals surface area contributed by atoms with Crippen molar-refractivity contribution in [2.75, 3.05) is 19.6 Å². The predicted molar refractivity (Wildman–Crippen MR) is 112 cm³/mol.